The van der Waals surface area contributed by atoms with Crippen LogP contribution in [0, 0.1) is 0 Å². The number of nitrogens with zero attached hydrogens (tertiary/aromatic N) is 1. The van der Waals surface area contributed by atoms with Crippen LogP contribution in [0.5, 0.6) is 0 Å². The maximum absolute atomic E-state index is 12.3. The first-order valence-electron chi connectivity index (χ1n) is 7.67. The minimum atomic E-state index is -0.475. The van der Waals surface area contributed by atoms with Crippen LogP contribution in [0.2, 0.25) is 0 Å². The van der Waals surface area contributed by atoms with Gasteiger partial charge in [0.15, 0.2) is 0 Å². The van der Waals surface area contributed by atoms with Crippen molar-refractivity contribution in [2.75, 3.05) is 6.61 Å². The SMILES string of the molecule is CCOC(=O)C=C1CC2CC[C@@H](C1)N2C(=O)OC(C)(C)C. The molecule has 2 aliphatic heterocycles. The van der Waals surface area contributed by atoms with Crippen molar-refractivity contribution in [1.29, 1.82) is 0 Å². The molecule has 0 aliphatic carbocycles. The molecule has 0 aromatic heterocycles. The van der Waals surface area contributed by atoms with Crippen molar-refractivity contribution in [3.05, 3.63) is 11.6 Å². The number of fused-ring (bicyclic) bond motifs is 2. The number of carbonyl (C=O) groups is 2. The van der Waals surface area contributed by atoms with E-state index >= 15 is 0 Å². The lowest BCUT2D eigenvalue weighted by Gasteiger charge is -2.37. The summed E-state index contributed by atoms with van der Waals surface area (Å²) in [6.45, 7) is 7.82. The second-order valence-corrected chi connectivity index (χ2v) is 6.74. The number of carbonyl (C=O) groups excluding carboxylic acids is 2. The molecule has 1 unspecified atom stereocenters. The first kappa shape index (κ1) is 15.9. The molecule has 0 aromatic rings. The van der Waals surface area contributed by atoms with Crippen LogP contribution < -0.4 is 0 Å². The van der Waals surface area contributed by atoms with Crippen LogP contribution in [0.25, 0.3) is 0 Å². The van der Waals surface area contributed by atoms with Crippen LogP contribution in [0.4, 0.5) is 4.79 Å². The number of rotatable bonds is 2. The normalized spacial score (nSPS) is 26.9. The third-order valence-electron chi connectivity index (χ3n) is 3.83. The van der Waals surface area contributed by atoms with Crippen LogP contribution in [-0.4, -0.2) is 41.3 Å². The van der Waals surface area contributed by atoms with Gasteiger partial charge in [-0.1, -0.05) is 5.57 Å². The minimum absolute atomic E-state index is 0.152. The Hall–Kier alpha value is -1.52. The Balaban J connectivity index is 2.02. The van der Waals surface area contributed by atoms with Crippen LogP contribution >= 0.6 is 0 Å². The lowest BCUT2D eigenvalue weighted by molar-refractivity contribution is -0.137. The average molecular weight is 295 g/mol. The third-order valence-corrected chi connectivity index (χ3v) is 3.83. The van der Waals surface area contributed by atoms with Gasteiger partial charge >= 0.3 is 12.1 Å². The summed E-state index contributed by atoms with van der Waals surface area (Å²) in [4.78, 5) is 25.7. The highest BCUT2D eigenvalue weighted by Gasteiger charge is 2.43. The van der Waals surface area contributed by atoms with E-state index < -0.39 is 5.60 Å². The monoisotopic (exact) mass is 295 g/mol. The zero-order chi connectivity index (χ0) is 15.6. The smallest absolute Gasteiger partial charge is 0.410 e. The van der Waals surface area contributed by atoms with Crippen LogP contribution in [-0.2, 0) is 14.3 Å². The third kappa shape index (κ3) is 3.99. The summed E-state index contributed by atoms with van der Waals surface area (Å²) in [5.74, 6) is -0.280. The molecule has 2 bridgehead atoms. The highest BCUT2D eigenvalue weighted by atomic mass is 16.6. The number of hydrogen-bond donors (Lipinski definition) is 0. The molecule has 118 valence electrons. The predicted octanol–water partition coefficient (Wildman–Crippen LogP) is 3.04. The number of ether oxygens (including phenoxy) is 2. The number of amides is 1. The van der Waals surface area contributed by atoms with Crippen molar-refractivity contribution in [3.63, 3.8) is 0 Å². The Morgan fingerprint density at radius 1 is 1.24 bits per heavy atom. The van der Waals surface area contributed by atoms with Crippen molar-refractivity contribution in [2.24, 2.45) is 0 Å². The highest BCUT2D eigenvalue weighted by Crippen LogP contribution is 2.39. The summed E-state index contributed by atoms with van der Waals surface area (Å²) < 4.78 is 10.4. The van der Waals surface area contributed by atoms with Gasteiger partial charge in [-0.15, -0.1) is 0 Å². The molecule has 5 heteroatoms. The molecule has 2 fully saturated rings. The molecule has 2 saturated heterocycles. The van der Waals surface area contributed by atoms with Crippen molar-refractivity contribution >= 4 is 12.1 Å². The Kier molecular flexibility index (Phi) is 4.59. The second kappa shape index (κ2) is 6.08. The Morgan fingerprint density at radius 3 is 2.29 bits per heavy atom. The summed E-state index contributed by atoms with van der Waals surface area (Å²) in [7, 11) is 0. The molecular weight excluding hydrogens is 270 g/mol. The van der Waals surface area contributed by atoms with Crippen molar-refractivity contribution in [3.8, 4) is 0 Å². The lowest BCUT2D eigenvalue weighted by Crippen LogP contribution is -2.47. The van der Waals surface area contributed by atoms with Gasteiger partial charge in [0.25, 0.3) is 0 Å². The van der Waals surface area contributed by atoms with Gasteiger partial charge in [0, 0.05) is 18.2 Å². The second-order valence-electron chi connectivity index (χ2n) is 6.74. The van der Waals surface area contributed by atoms with Crippen LogP contribution in [0.15, 0.2) is 11.6 Å². The Labute approximate surface area is 126 Å². The topological polar surface area (TPSA) is 55.8 Å². The number of esters is 1. The van der Waals surface area contributed by atoms with Crippen molar-refractivity contribution in [2.45, 2.75) is 71.1 Å². The predicted molar refractivity (Wildman–Crippen MR) is 78.8 cm³/mol. The zero-order valence-corrected chi connectivity index (χ0v) is 13.3. The molecule has 0 saturated carbocycles. The lowest BCUT2D eigenvalue weighted by atomic mass is 9.97. The van der Waals surface area contributed by atoms with Gasteiger partial charge in [0.1, 0.15) is 5.60 Å². The van der Waals surface area contributed by atoms with E-state index in [1.165, 1.54) is 0 Å². The molecule has 0 N–H and O–H groups in total. The van der Waals surface area contributed by atoms with Crippen molar-refractivity contribution < 1.29 is 19.1 Å². The Morgan fingerprint density at radius 2 is 1.81 bits per heavy atom. The largest absolute Gasteiger partial charge is 0.463 e. The summed E-state index contributed by atoms with van der Waals surface area (Å²) in [6.07, 6.45) is 4.81. The van der Waals surface area contributed by atoms with E-state index in [4.69, 9.17) is 9.47 Å². The van der Waals surface area contributed by atoms with E-state index in [9.17, 15) is 9.59 Å². The van der Waals surface area contributed by atoms with E-state index in [-0.39, 0.29) is 24.1 Å². The highest BCUT2D eigenvalue weighted by molar-refractivity contribution is 5.83. The van der Waals surface area contributed by atoms with Crippen LogP contribution in [0.1, 0.15) is 53.4 Å². The van der Waals surface area contributed by atoms with Gasteiger partial charge in [-0.2, -0.15) is 0 Å². The average Bonchev–Trinajstić information content (AvgIpc) is 2.60. The summed E-state index contributed by atoms with van der Waals surface area (Å²) in [5, 5.41) is 0. The first-order valence-corrected chi connectivity index (χ1v) is 7.67. The van der Waals surface area contributed by atoms with Gasteiger partial charge in [-0.3, -0.25) is 0 Å². The standard InChI is InChI=1S/C16H25NO4/c1-5-20-14(18)10-11-8-12-6-7-13(9-11)17(12)15(19)21-16(2,3)4/h10,12-13H,5-9H2,1-4H3/t12-,13?/m0/s1. The number of hydrogen-bond acceptors (Lipinski definition) is 4. The minimum Gasteiger partial charge on any atom is -0.463 e. The van der Waals surface area contributed by atoms with E-state index in [0.717, 1.165) is 31.3 Å². The van der Waals surface area contributed by atoms with Gasteiger partial charge in [-0.05, 0) is 53.4 Å². The molecule has 0 spiro atoms. The zero-order valence-electron chi connectivity index (χ0n) is 13.3. The molecule has 0 aromatic carbocycles. The fraction of sp³-hybridized carbons (Fsp3) is 0.750. The first-order chi connectivity index (χ1) is 9.80. The number of piperidine rings is 1. The van der Waals surface area contributed by atoms with E-state index in [2.05, 4.69) is 0 Å². The van der Waals surface area contributed by atoms with Gasteiger partial charge in [0.2, 0.25) is 0 Å². The summed E-state index contributed by atoms with van der Waals surface area (Å²) in [5.41, 5.74) is 0.609. The van der Waals surface area contributed by atoms with E-state index in [1.807, 2.05) is 25.7 Å². The van der Waals surface area contributed by atoms with Gasteiger partial charge in [-0.25, -0.2) is 9.59 Å². The summed E-state index contributed by atoms with van der Waals surface area (Å²) >= 11 is 0. The van der Waals surface area contributed by atoms with E-state index in [0.29, 0.717) is 6.61 Å². The molecular formula is C16H25NO4. The van der Waals surface area contributed by atoms with Crippen molar-refractivity contribution in [1.82, 2.24) is 4.90 Å². The summed E-state index contributed by atoms with van der Waals surface area (Å²) in [6, 6.07) is 0.304. The maximum Gasteiger partial charge on any atom is 0.410 e. The molecule has 2 aliphatic rings. The molecule has 2 rings (SSSR count). The maximum atomic E-state index is 12.3. The van der Waals surface area contributed by atoms with Gasteiger partial charge < -0.3 is 14.4 Å². The van der Waals surface area contributed by atoms with E-state index in [1.54, 1.807) is 13.0 Å². The quantitative estimate of drug-likeness (QED) is 0.580. The van der Waals surface area contributed by atoms with Crippen LogP contribution in [0.3, 0.4) is 0 Å². The molecule has 21 heavy (non-hydrogen) atoms. The molecule has 0 radical (unpaired) electrons. The molecule has 2 heterocycles. The fourth-order valence-electron chi connectivity index (χ4n) is 3.13. The Bertz CT molecular complexity index is 434. The molecule has 2 atom stereocenters. The fourth-order valence-corrected chi connectivity index (χ4v) is 3.13. The van der Waals surface area contributed by atoms with Gasteiger partial charge in [0.05, 0.1) is 6.61 Å². The molecule has 5 nitrogen and oxygen atoms in total. The molecule has 1 amide bonds.